The third-order valence-corrected chi connectivity index (χ3v) is 6.19. The second kappa shape index (κ2) is 5.20. The number of benzene rings is 1. The van der Waals surface area contributed by atoms with Gasteiger partial charge in [0.2, 0.25) is 0 Å². The Balaban J connectivity index is 3.33. The van der Waals surface area contributed by atoms with Crippen LogP contribution in [0.2, 0.25) is 0 Å². The molecule has 0 aromatic heterocycles. The van der Waals surface area contributed by atoms with Crippen molar-refractivity contribution in [3.8, 4) is 0 Å². The molecule has 0 amide bonds. The molecule has 0 aliphatic rings. The van der Waals surface area contributed by atoms with Gasteiger partial charge in [-0.2, -0.15) is 0 Å². The Bertz CT molecular complexity index is 353. The topological polar surface area (TPSA) is 18.5 Å². The second-order valence-corrected chi connectivity index (χ2v) is 6.92. The molecule has 0 fully saturated rings. The lowest BCUT2D eigenvalue weighted by atomic mass is 10.4. The molecule has 17 heavy (non-hydrogen) atoms. The highest BCUT2D eigenvalue weighted by Gasteiger charge is 2.65. The molecule has 0 bridgehead atoms. The first-order chi connectivity index (χ1) is 7.92. The Hall–Kier alpha value is -0.853. The Morgan fingerprint density at radius 1 is 1.12 bits per heavy atom. The molecule has 6 heteroatoms. The van der Waals surface area contributed by atoms with Gasteiger partial charge in [-0.3, -0.25) is 0 Å². The molecule has 0 aliphatic heterocycles. The van der Waals surface area contributed by atoms with Crippen LogP contribution in [0.5, 0.6) is 0 Å². The summed E-state index contributed by atoms with van der Waals surface area (Å²) >= 11 is 0. The largest absolute Gasteiger partial charge is 0.450 e. The minimum Gasteiger partial charge on any atom is -0.391 e. The number of rotatable bonds is 5. The lowest BCUT2D eigenvalue weighted by Crippen LogP contribution is -2.68. The van der Waals surface area contributed by atoms with Crippen molar-refractivity contribution in [1.29, 1.82) is 0 Å². The molecule has 0 radical (unpaired) electrons. The van der Waals surface area contributed by atoms with Crippen molar-refractivity contribution in [2.24, 2.45) is 0 Å². The standard InChI is InChI=1S/C11H15F3O2Si/c1-9(12)11(13,14)17(15-2,16-3)10-7-5-4-6-8-10/h4-9H,1-3H3. The molecule has 0 aliphatic carbocycles. The first kappa shape index (κ1) is 14.2. The monoisotopic (exact) mass is 264 g/mol. The van der Waals surface area contributed by atoms with Crippen LogP contribution >= 0.6 is 0 Å². The fourth-order valence-electron chi connectivity index (χ4n) is 1.70. The number of alkyl halides is 3. The molecular weight excluding hydrogens is 249 g/mol. The predicted molar refractivity (Wildman–Crippen MR) is 61.4 cm³/mol. The van der Waals surface area contributed by atoms with Crippen LogP contribution in [0.15, 0.2) is 30.3 Å². The Morgan fingerprint density at radius 2 is 1.59 bits per heavy atom. The summed E-state index contributed by atoms with van der Waals surface area (Å²) in [5.74, 6) is 0. The number of hydrogen-bond acceptors (Lipinski definition) is 2. The fraction of sp³-hybridized carbons (Fsp3) is 0.455. The second-order valence-electron chi connectivity index (χ2n) is 3.63. The van der Waals surface area contributed by atoms with E-state index in [9.17, 15) is 13.2 Å². The average molecular weight is 264 g/mol. The van der Waals surface area contributed by atoms with Crippen molar-refractivity contribution in [2.75, 3.05) is 14.2 Å². The van der Waals surface area contributed by atoms with E-state index in [2.05, 4.69) is 0 Å². The molecule has 96 valence electrons. The first-order valence-electron chi connectivity index (χ1n) is 5.10. The van der Waals surface area contributed by atoms with Gasteiger partial charge >= 0.3 is 14.1 Å². The minimum absolute atomic E-state index is 0.208. The van der Waals surface area contributed by atoms with Crippen LogP contribution in [0.25, 0.3) is 0 Å². The molecule has 0 saturated carbocycles. The van der Waals surface area contributed by atoms with E-state index in [-0.39, 0.29) is 5.19 Å². The van der Waals surface area contributed by atoms with Crippen molar-refractivity contribution in [1.82, 2.24) is 0 Å². The maximum Gasteiger partial charge on any atom is 0.450 e. The maximum atomic E-state index is 14.0. The van der Waals surface area contributed by atoms with Gasteiger partial charge in [-0.15, -0.1) is 0 Å². The zero-order valence-electron chi connectivity index (χ0n) is 9.91. The Kier molecular flexibility index (Phi) is 4.35. The highest BCUT2D eigenvalue weighted by molar-refractivity contribution is 6.83. The molecule has 0 N–H and O–H groups in total. The van der Waals surface area contributed by atoms with Crippen molar-refractivity contribution < 1.29 is 22.0 Å². The summed E-state index contributed by atoms with van der Waals surface area (Å²) in [5, 5.41) is 0.208. The average Bonchev–Trinajstić information content (AvgIpc) is 2.32. The van der Waals surface area contributed by atoms with E-state index in [0.29, 0.717) is 0 Å². The molecule has 1 unspecified atom stereocenters. The Labute approximate surface area is 99.6 Å². The van der Waals surface area contributed by atoms with Gasteiger partial charge in [0.25, 0.3) is 0 Å². The summed E-state index contributed by atoms with van der Waals surface area (Å²) in [7, 11) is -1.87. The summed E-state index contributed by atoms with van der Waals surface area (Å²) in [6, 6.07) is 7.80. The van der Waals surface area contributed by atoms with Gasteiger partial charge in [-0.1, -0.05) is 30.3 Å². The van der Waals surface area contributed by atoms with Crippen LogP contribution in [-0.4, -0.2) is 34.5 Å². The molecule has 1 rings (SSSR count). The molecule has 0 spiro atoms. The third-order valence-electron chi connectivity index (χ3n) is 2.67. The van der Waals surface area contributed by atoms with Gasteiger partial charge < -0.3 is 8.85 Å². The minimum atomic E-state index is -4.12. The van der Waals surface area contributed by atoms with Crippen molar-refractivity contribution in [3.63, 3.8) is 0 Å². The Morgan fingerprint density at radius 3 is 1.94 bits per heavy atom. The van der Waals surface area contributed by atoms with Crippen molar-refractivity contribution in [2.45, 2.75) is 18.6 Å². The van der Waals surface area contributed by atoms with E-state index >= 15 is 0 Å². The van der Waals surface area contributed by atoms with E-state index in [1.165, 1.54) is 12.1 Å². The first-order valence-corrected chi connectivity index (χ1v) is 6.91. The van der Waals surface area contributed by atoms with Crippen LogP contribution in [-0.2, 0) is 8.85 Å². The highest BCUT2D eigenvalue weighted by Crippen LogP contribution is 2.33. The summed E-state index contributed by atoms with van der Waals surface area (Å²) in [6.45, 7) is 0.808. The maximum absolute atomic E-state index is 14.0. The smallest absolute Gasteiger partial charge is 0.391 e. The lowest BCUT2D eigenvalue weighted by molar-refractivity contribution is -0.0335. The van der Waals surface area contributed by atoms with E-state index in [1.807, 2.05) is 0 Å². The van der Waals surface area contributed by atoms with Gasteiger partial charge in [0.05, 0.1) is 0 Å². The lowest BCUT2D eigenvalue weighted by Gasteiger charge is -2.35. The predicted octanol–water partition coefficient (Wildman–Crippen LogP) is 2.16. The van der Waals surface area contributed by atoms with Gasteiger partial charge in [0, 0.05) is 14.2 Å². The van der Waals surface area contributed by atoms with Crippen LogP contribution in [0.4, 0.5) is 13.2 Å². The van der Waals surface area contributed by atoms with Gasteiger partial charge in [0.15, 0.2) is 6.17 Å². The molecule has 1 atom stereocenters. The van der Waals surface area contributed by atoms with E-state index < -0.39 is 20.3 Å². The number of halogens is 3. The quantitative estimate of drug-likeness (QED) is 0.759. The van der Waals surface area contributed by atoms with Crippen LogP contribution < -0.4 is 5.19 Å². The normalized spacial score (nSPS) is 14.7. The third kappa shape index (κ3) is 2.25. The molecule has 0 heterocycles. The summed E-state index contributed by atoms with van der Waals surface area (Å²) in [4.78, 5) is 0. The zero-order chi connectivity index (χ0) is 13.1. The van der Waals surface area contributed by atoms with Crippen LogP contribution in [0.1, 0.15) is 6.92 Å². The van der Waals surface area contributed by atoms with E-state index in [0.717, 1.165) is 21.1 Å². The van der Waals surface area contributed by atoms with Gasteiger partial charge in [-0.25, -0.2) is 13.2 Å². The molecule has 2 nitrogen and oxygen atoms in total. The zero-order valence-corrected chi connectivity index (χ0v) is 10.9. The van der Waals surface area contributed by atoms with Crippen molar-refractivity contribution in [3.05, 3.63) is 30.3 Å². The van der Waals surface area contributed by atoms with Gasteiger partial charge in [-0.05, 0) is 12.1 Å². The van der Waals surface area contributed by atoms with E-state index in [1.54, 1.807) is 18.2 Å². The number of hydrogen-bond donors (Lipinski definition) is 0. The highest BCUT2D eigenvalue weighted by atomic mass is 28.4. The summed E-state index contributed by atoms with van der Waals surface area (Å²) < 4.78 is 51.0. The molecule has 1 aromatic rings. The van der Waals surface area contributed by atoms with E-state index in [4.69, 9.17) is 8.85 Å². The molecule has 0 saturated heterocycles. The van der Waals surface area contributed by atoms with Crippen LogP contribution in [0, 0.1) is 0 Å². The summed E-state index contributed by atoms with van der Waals surface area (Å²) in [5.41, 5.74) is -3.65. The van der Waals surface area contributed by atoms with Crippen LogP contribution in [0.3, 0.4) is 0 Å². The fourth-order valence-corrected chi connectivity index (χ4v) is 4.43. The molecule has 1 aromatic carbocycles. The van der Waals surface area contributed by atoms with Gasteiger partial charge in [0.1, 0.15) is 0 Å². The molecular formula is C11H15F3O2Si. The SMILES string of the molecule is CO[Si](OC)(c1ccccc1)C(F)(F)C(C)F. The van der Waals surface area contributed by atoms with Crippen molar-refractivity contribution >= 4 is 13.7 Å². The summed E-state index contributed by atoms with van der Waals surface area (Å²) in [6.07, 6.45) is -2.34.